The quantitative estimate of drug-likeness (QED) is 0.522. The van der Waals surface area contributed by atoms with E-state index in [1.54, 1.807) is 6.07 Å². The molecule has 10 heteroatoms. The fourth-order valence-electron chi connectivity index (χ4n) is 3.73. The molecule has 0 bridgehead atoms. The van der Waals surface area contributed by atoms with Gasteiger partial charge in [0.1, 0.15) is 5.82 Å². The lowest BCUT2D eigenvalue weighted by molar-refractivity contribution is -0.137. The Morgan fingerprint density at radius 3 is 2.36 bits per heavy atom. The van der Waals surface area contributed by atoms with Gasteiger partial charge in [-0.2, -0.15) is 13.2 Å². The predicted molar refractivity (Wildman–Crippen MR) is 115 cm³/mol. The summed E-state index contributed by atoms with van der Waals surface area (Å²) in [4.78, 5) is 12.5. The van der Waals surface area contributed by atoms with Gasteiger partial charge < -0.3 is 5.32 Å². The number of benzene rings is 3. The van der Waals surface area contributed by atoms with Gasteiger partial charge in [0.2, 0.25) is 0 Å². The third kappa shape index (κ3) is 4.56. The minimum absolute atomic E-state index is 0.0923. The number of halogens is 4. The van der Waals surface area contributed by atoms with Crippen molar-refractivity contribution in [3.8, 4) is 0 Å². The molecule has 172 valence electrons. The molecule has 0 aromatic heterocycles. The molecule has 0 unspecified atom stereocenters. The van der Waals surface area contributed by atoms with Crippen LogP contribution in [0.4, 0.5) is 28.9 Å². The number of anilines is 2. The number of nitrogens with one attached hydrogen (secondary N) is 1. The molecule has 3 aromatic carbocycles. The van der Waals surface area contributed by atoms with E-state index in [4.69, 9.17) is 0 Å². The monoisotopic (exact) mass is 478 g/mol. The molecule has 1 heterocycles. The molecule has 0 fully saturated rings. The second-order valence-electron chi connectivity index (χ2n) is 7.48. The van der Waals surface area contributed by atoms with E-state index >= 15 is 0 Å². The number of hydrogen-bond donors (Lipinski definition) is 1. The third-order valence-corrected chi connectivity index (χ3v) is 7.13. The van der Waals surface area contributed by atoms with Gasteiger partial charge in [-0.1, -0.05) is 18.2 Å². The number of carbonyl (C=O) groups is 1. The largest absolute Gasteiger partial charge is 0.417 e. The molecule has 4 rings (SSSR count). The molecule has 0 saturated heterocycles. The summed E-state index contributed by atoms with van der Waals surface area (Å²) < 4.78 is 80.5. The Balaban J connectivity index is 1.67. The Labute approximate surface area is 187 Å². The van der Waals surface area contributed by atoms with Crippen LogP contribution in [0, 0.1) is 5.82 Å². The first-order valence-electron chi connectivity index (χ1n) is 9.96. The average Bonchev–Trinajstić information content (AvgIpc) is 2.78. The molecular formula is C23H18F4N2O3S. The van der Waals surface area contributed by atoms with Gasteiger partial charge in [0.05, 0.1) is 21.7 Å². The minimum Gasteiger partial charge on any atom is -0.322 e. The normalized spacial score (nSPS) is 14.0. The Kier molecular flexibility index (Phi) is 5.87. The summed E-state index contributed by atoms with van der Waals surface area (Å²) in [5.41, 5.74) is -0.440. The summed E-state index contributed by atoms with van der Waals surface area (Å²) in [6.07, 6.45) is -3.56. The molecule has 1 N–H and O–H groups in total. The average molecular weight is 478 g/mol. The number of rotatable bonds is 4. The number of aryl methyl sites for hydroxylation is 1. The summed E-state index contributed by atoms with van der Waals surface area (Å²) in [6.45, 7) is 0.168. The lowest BCUT2D eigenvalue weighted by Gasteiger charge is -2.31. The zero-order valence-electron chi connectivity index (χ0n) is 17.1. The van der Waals surface area contributed by atoms with Crippen molar-refractivity contribution in [3.05, 3.63) is 89.2 Å². The van der Waals surface area contributed by atoms with Crippen LogP contribution in [0.1, 0.15) is 27.9 Å². The highest BCUT2D eigenvalue weighted by atomic mass is 32.2. The van der Waals surface area contributed by atoms with Gasteiger partial charge in [-0.25, -0.2) is 12.8 Å². The Hall–Kier alpha value is -3.40. The van der Waals surface area contributed by atoms with Crippen molar-refractivity contribution in [2.24, 2.45) is 0 Å². The molecule has 0 aliphatic carbocycles. The van der Waals surface area contributed by atoms with Gasteiger partial charge in [0, 0.05) is 12.2 Å². The maximum Gasteiger partial charge on any atom is 0.417 e. The lowest BCUT2D eigenvalue weighted by Crippen LogP contribution is -2.35. The molecule has 0 radical (unpaired) electrons. The molecule has 33 heavy (non-hydrogen) atoms. The van der Waals surface area contributed by atoms with Crippen LogP contribution >= 0.6 is 0 Å². The first kappa shape index (κ1) is 22.8. The maximum absolute atomic E-state index is 13.3. The Morgan fingerprint density at radius 1 is 0.970 bits per heavy atom. The summed E-state index contributed by atoms with van der Waals surface area (Å²) in [6, 6.07) is 13.4. The molecule has 0 saturated carbocycles. The number of nitrogens with zero attached hydrogens (tertiary/aromatic N) is 1. The number of hydrogen-bond acceptors (Lipinski definition) is 3. The van der Waals surface area contributed by atoms with Crippen LogP contribution in [0.15, 0.2) is 71.6 Å². The maximum atomic E-state index is 13.3. The SMILES string of the molecule is O=C(Nc1ccc2c(c1)N(S(=O)(=O)c1ccc(F)cc1)CCC2)c1ccccc1C(F)(F)F. The van der Waals surface area contributed by atoms with Crippen molar-refractivity contribution in [1.29, 1.82) is 0 Å². The standard InChI is InChI=1S/C23H18F4N2O3S/c24-16-8-11-18(12-9-16)33(31,32)29-13-3-4-15-7-10-17(14-21(15)29)28-22(30)19-5-1-2-6-20(19)23(25,26)27/h1-2,5-12,14H,3-4,13H2,(H,28,30). The van der Waals surface area contributed by atoms with Crippen LogP contribution in [-0.4, -0.2) is 20.9 Å². The van der Waals surface area contributed by atoms with Crippen LogP contribution in [0.25, 0.3) is 0 Å². The van der Waals surface area contributed by atoms with Crippen LogP contribution < -0.4 is 9.62 Å². The van der Waals surface area contributed by atoms with Crippen molar-refractivity contribution >= 4 is 27.3 Å². The third-order valence-electron chi connectivity index (χ3n) is 5.30. The zero-order chi connectivity index (χ0) is 23.8. The van der Waals surface area contributed by atoms with Crippen molar-refractivity contribution < 1.29 is 30.8 Å². The number of amides is 1. The number of fused-ring (bicyclic) bond motifs is 1. The van der Waals surface area contributed by atoms with Gasteiger partial charge >= 0.3 is 6.18 Å². The first-order valence-corrected chi connectivity index (χ1v) is 11.4. The van der Waals surface area contributed by atoms with Crippen LogP contribution in [0.2, 0.25) is 0 Å². The van der Waals surface area contributed by atoms with E-state index in [-0.39, 0.29) is 17.1 Å². The fourth-order valence-corrected chi connectivity index (χ4v) is 5.26. The van der Waals surface area contributed by atoms with E-state index < -0.39 is 39.1 Å². The van der Waals surface area contributed by atoms with Gasteiger partial charge in [0.25, 0.3) is 15.9 Å². The van der Waals surface area contributed by atoms with Crippen LogP contribution in [0.5, 0.6) is 0 Å². The Morgan fingerprint density at radius 2 is 1.67 bits per heavy atom. The number of sulfonamides is 1. The van der Waals surface area contributed by atoms with Crippen molar-refractivity contribution in [1.82, 2.24) is 0 Å². The molecule has 1 aliphatic heterocycles. The van der Waals surface area contributed by atoms with Crippen LogP contribution in [-0.2, 0) is 22.6 Å². The van der Waals surface area contributed by atoms with E-state index in [1.165, 1.54) is 40.7 Å². The van der Waals surface area contributed by atoms with Crippen molar-refractivity contribution in [2.45, 2.75) is 23.9 Å². The minimum atomic E-state index is -4.70. The smallest absolute Gasteiger partial charge is 0.322 e. The lowest BCUT2D eigenvalue weighted by atomic mass is 10.0. The molecule has 5 nitrogen and oxygen atoms in total. The molecule has 3 aromatic rings. The highest BCUT2D eigenvalue weighted by molar-refractivity contribution is 7.92. The number of alkyl halides is 3. The molecular weight excluding hydrogens is 460 g/mol. The summed E-state index contributed by atoms with van der Waals surface area (Å²) in [5, 5.41) is 2.43. The molecule has 1 aliphatic rings. The van der Waals surface area contributed by atoms with Crippen LogP contribution in [0.3, 0.4) is 0 Å². The van der Waals surface area contributed by atoms with E-state index in [0.717, 1.165) is 24.3 Å². The highest BCUT2D eigenvalue weighted by Crippen LogP contribution is 2.35. The van der Waals surface area contributed by atoms with Gasteiger partial charge in [-0.15, -0.1) is 0 Å². The second-order valence-corrected chi connectivity index (χ2v) is 9.34. The van der Waals surface area contributed by atoms with Gasteiger partial charge in [-0.3, -0.25) is 9.10 Å². The van der Waals surface area contributed by atoms with E-state index in [2.05, 4.69) is 5.32 Å². The summed E-state index contributed by atoms with van der Waals surface area (Å²) >= 11 is 0. The molecule has 0 spiro atoms. The predicted octanol–water partition coefficient (Wildman–Crippen LogP) is 5.24. The van der Waals surface area contributed by atoms with Crippen molar-refractivity contribution in [2.75, 3.05) is 16.2 Å². The molecule has 0 atom stereocenters. The second kappa shape index (κ2) is 8.51. The first-order chi connectivity index (χ1) is 15.6. The Bertz CT molecular complexity index is 1310. The zero-order valence-corrected chi connectivity index (χ0v) is 17.9. The highest BCUT2D eigenvalue weighted by Gasteiger charge is 2.35. The summed E-state index contributed by atoms with van der Waals surface area (Å²) in [5.74, 6) is -1.54. The topological polar surface area (TPSA) is 66.5 Å². The van der Waals surface area contributed by atoms with Gasteiger partial charge in [-0.05, 0) is 66.9 Å². The summed E-state index contributed by atoms with van der Waals surface area (Å²) in [7, 11) is -4.01. The van der Waals surface area contributed by atoms with Gasteiger partial charge in [0.15, 0.2) is 0 Å². The van der Waals surface area contributed by atoms with E-state index in [1.807, 2.05) is 0 Å². The fraction of sp³-hybridized carbons (Fsp3) is 0.174. The number of carbonyl (C=O) groups excluding carboxylic acids is 1. The van der Waals surface area contributed by atoms with E-state index in [0.29, 0.717) is 24.1 Å². The molecule has 1 amide bonds. The van der Waals surface area contributed by atoms with E-state index in [9.17, 15) is 30.8 Å². The van der Waals surface area contributed by atoms with Crippen molar-refractivity contribution in [3.63, 3.8) is 0 Å².